The minimum atomic E-state index is -0.0816. The Bertz CT molecular complexity index is 1150. The number of nitrogens with zero attached hydrogens (tertiary/aromatic N) is 4. The Morgan fingerprint density at radius 1 is 1.03 bits per heavy atom. The molecule has 1 aromatic carbocycles. The number of nitrogens with one attached hydrogen (secondary N) is 2. The van der Waals surface area contributed by atoms with E-state index in [0.29, 0.717) is 12.5 Å². The average Bonchev–Trinajstić information content (AvgIpc) is 3.26. The van der Waals surface area contributed by atoms with E-state index in [4.69, 9.17) is 9.97 Å². The second-order valence-electron chi connectivity index (χ2n) is 8.15. The molecule has 166 valence electrons. The number of aliphatic hydroxyl groups is 1. The predicted molar refractivity (Wildman–Crippen MR) is 130 cm³/mol. The van der Waals surface area contributed by atoms with Crippen LogP contribution in [0.1, 0.15) is 38.8 Å². The number of anilines is 2. The van der Waals surface area contributed by atoms with E-state index in [9.17, 15) is 5.11 Å². The Labute approximate surface area is 188 Å². The van der Waals surface area contributed by atoms with Crippen LogP contribution in [-0.2, 0) is 6.54 Å². The van der Waals surface area contributed by atoms with Gasteiger partial charge >= 0.3 is 0 Å². The highest BCUT2D eigenvalue weighted by Crippen LogP contribution is 2.27. The summed E-state index contributed by atoms with van der Waals surface area (Å²) < 4.78 is 2.13. The third kappa shape index (κ3) is 4.73. The maximum atomic E-state index is 9.59. The summed E-state index contributed by atoms with van der Waals surface area (Å²) in [5.41, 5.74) is 4.08. The molecule has 1 atom stereocenters. The topological polar surface area (TPSA) is 87.9 Å². The fourth-order valence-corrected chi connectivity index (χ4v) is 3.62. The van der Waals surface area contributed by atoms with Crippen molar-refractivity contribution in [1.82, 2.24) is 19.5 Å². The molecule has 3 heterocycles. The molecule has 0 saturated heterocycles. The van der Waals surface area contributed by atoms with Gasteiger partial charge < -0.3 is 20.3 Å². The molecule has 4 aromatic rings. The Balaban J connectivity index is 1.58. The first kappa shape index (κ1) is 21.8. The highest BCUT2D eigenvalue weighted by Gasteiger charge is 2.15. The molecular weight excluding hydrogens is 400 g/mol. The molecule has 0 aliphatic rings. The number of rotatable bonds is 9. The van der Waals surface area contributed by atoms with Gasteiger partial charge in [-0.05, 0) is 44.0 Å². The molecule has 0 bridgehead atoms. The zero-order valence-corrected chi connectivity index (χ0v) is 18.8. The first-order valence-electron chi connectivity index (χ1n) is 11.1. The summed E-state index contributed by atoms with van der Waals surface area (Å²) >= 11 is 0. The summed E-state index contributed by atoms with van der Waals surface area (Å²) in [6.45, 7) is 6.96. The molecule has 0 aliphatic heterocycles. The molecule has 32 heavy (non-hydrogen) atoms. The molecule has 7 heteroatoms. The molecule has 0 fully saturated rings. The van der Waals surface area contributed by atoms with Crippen LogP contribution in [-0.4, -0.2) is 37.3 Å². The van der Waals surface area contributed by atoms with Crippen molar-refractivity contribution < 1.29 is 5.11 Å². The number of pyridine rings is 1. The smallest absolute Gasteiger partial charge is 0.226 e. The van der Waals surface area contributed by atoms with Crippen molar-refractivity contribution in [3.8, 4) is 11.3 Å². The molecular formula is C25H30N6O. The maximum absolute atomic E-state index is 9.59. The number of fused-ring (bicyclic) bond motifs is 1. The maximum Gasteiger partial charge on any atom is 0.226 e. The highest BCUT2D eigenvalue weighted by molar-refractivity contribution is 5.88. The van der Waals surface area contributed by atoms with E-state index in [2.05, 4.69) is 64.4 Å². The van der Waals surface area contributed by atoms with Crippen LogP contribution in [0, 0.1) is 0 Å². The van der Waals surface area contributed by atoms with Crippen molar-refractivity contribution in [2.24, 2.45) is 0 Å². The molecule has 0 spiro atoms. The van der Waals surface area contributed by atoms with Gasteiger partial charge in [-0.15, -0.1) is 0 Å². The van der Waals surface area contributed by atoms with Crippen LogP contribution < -0.4 is 10.6 Å². The molecule has 3 aromatic heterocycles. The number of aromatic nitrogens is 4. The first-order valence-corrected chi connectivity index (χ1v) is 11.1. The van der Waals surface area contributed by atoms with E-state index in [1.165, 1.54) is 0 Å². The van der Waals surface area contributed by atoms with E-state index in [-0.39, 0.29) is 18.7 Å². The Morgan fingerprint density at radius 2 is 1.84 bits per heavy atom. The number of hydrogen-bond donors (Lipinski definition) is 3. The van der Waals surface area contributed by atoms with Gasteiger partial charge in [-0.3, -0.25) is 4.98 Å². The van der Waals surface area contributed by atoms with Gasteiger partial charge in [-0.25, -0.2) is 0 Å². The van der Waals surface area contributed by atoms with Crippen molar-refractivity contribution in [1.29, 1.82) is 0 Å². The Kier molecular flexibility index (Phi) is 6.66. The van der Waals surface area contributed by atoms with Crippen LogP contribution in [0.4, 0.5) is 11.8 Å². The number of aliphatic hydroxyl groups excluding tert-OH is 1. The third-order valence-electron chi connectivity index (χ3n) is 5.55. The monoisotopic (exact) mass is 430 g/mol. The second kappa shape index (κ2) is 9.78. The first-order chi connectivity index (χ1) is 15.6. The molecule has 0 saturated carbocycles. The van der Waals surface area contributed by atoms with Crippen LogP contribution in [0.25, 0.3) is 22.3 Å². The average molecular weight is 431 g/mol. The lowest BCUT2D eigenvalue weighted by Gasteiger charge is -2.17. The molecule has 0 aliphatic carbocycles. The normalized spacial score (nSPS) is 12.3. The minimum absolute atomic E-state index is 0.0362. The fraction of sp³-hybridized carbons (Fsp3) is 0.320. The van der Waals surface area contributed by atoms with Gasteiger partial charge in [0, 0.05) is 30.5 Å². The van der Waals surface area contributed by atoms with Crippen molar-refractivity contribution in [2.75, 3.05) is 17.2 Å². The quantitative estimate of drug-likeness (QED) is 0.351. The lowest BCUT2D eigenvalue weighted by molar-refractivity contribution is 0.271. The van der Waals surface area contributed by atoms with E-state index in [0.717, 1.165) is 40.1 Å². The molecule has 0 unspecified atom stereocenters. The summed E-state index contributed by atoms with van der Waals surface area (Å²) in [5.74, 6) is 1.30. The van der Waals surface area contributed by atoms with E-state index < -0.39 is 0 Å². The van der Waals surface area contributed by atoms with Crippen molar-refractivity contribution in [2.45, 2.75) is 45.8 Å². The molecule has 7 nitrogen and oxygen atoms in total. The lowest BCUT2D eigenvalue weighted by atomic mass is 10.1. The molecule has 0 radical (unpaired) electrons. The standard InChI is InChI=1S/C25H30N6O/c1-4-20(16-32)28-25-29-23(21-12-14-31(17(2)3)24(21)30-25)27-15-18-8-10-19(11-9-18)22-7-5-6-13-26-22/h5-14,17,20,32H,4,15-16H2,1-3H3,(H2,27,28,29,30)/t20-/m1/s1. The summed E-state index contributed by atoms with van der Waals surface area (Å²) in [6, 6.07) is 16.6. The van der Waals surface area contributed by atoms with E-state index >= 15 is 0 Å². The van der Waals surface area contributed by atoms with Crippen LogP contribution in [0.5, 0.6) is 0 Å². The highest BCUT2D eigenvalue weighted by atomic mass is 16.3. The van der Waals surface area contributed by atoms with Crippen LogP contribution in [0.2, 0.25) is 0 Å². The number of hydrogen-bond acceptors (Lipinski definition) is 6. The van der Waals surface area contributed by atoms with E-state index in [1.807, 2.05) is 31.3 Å². The van der Waals surface area contributed by atoms with Crippen molar-refractivity contribution in [3.63, 3.8) is 0 Å². The van der Waals surface area contributed by atoms with Gasteiger partial charge in [0.05, 0.1) is 23.7 Å². The Morgan fingerprint density at radius 3 is 2.50 bits per heavy atom. The molecule has 3 N–H and O–H groups in total. The largest absolute Gasteiger partial charge is 0.394 e. The van der Waals surface area contributed by atoms with Gasteiger partial charge in [-0.2, -0.15) is 9.97 Å². The zero-order valence-electron chi connectivity index (χ0n) is 18.8. The van der Waals surface area contributed by atoms with Gasteiger partial charge in [0.15, 0.2) is 0 Å². The summed E-state index contributed by atoms with van der Waals surface area (Å²) in [4.78, 5) is 13.9. The second-order valence-corrected chi connectivity index (χ2v) is 8.15. The fourth-order valence-electron chi connectivity index (χ4n) is 3.62. The summed E-state index contributed by atoms with van der Waals surface area (Å²) in [6.07, 6.45) is 4.64. The summed E-state index contributed by atoms with van der Waals surface area (Å²) in [7, 11) is 0. The van der Waals surface area contributed by atoms with Gasteiger partial charge in [0.1, 0.15) is 11.5 Å². The van der Waals surface area contributed by atoms with Crippen molar-refractivity contribution in [3.05, 3.63) is 66.5 Å². The van der Waals surface area contributed by atoms with Crippen LogP contribution in [0.3, 0.4) is 0 Å². The SMILES string of the molecule is CC[C@H](CO)Nc1nc(NCc2ccc(-c3ccccn3)cc2)c2ccn(C(C)C)c2n1. The summed E-state index contributed by atoms with van der Waals surface area (Å²) in [5, 5.41) is 17.3. The minimum Gasteiger partial charge on any atom is -0.394 e. The third-order valence-corrected chi connectivity index (χ3v) is 5.55. The van der Waals surface area contributed by atoms with Gasteiger partial charge in [0.25, 0.3) is 0 Å². The van der Waals surface area contributed by atoms with E-state index in [1.54, 1.807) is 6.20 Å². The van der Waals surface area contributed by atoms with Crippen LogP contribution >= 0.6 is 0 Å². The van der Waals surface area contributed by atoms with Crippen molar-refractivity contribution >= 4 is 22.8 Å². The van der Waals surface area contributed by atoms with Gasteiger partial charge in [0.2, 0.25) is 5.95 Å². The van der Waals surface area contributed by atoms with Gasteiger partial charge in [-0.1, -0.05) is 37.3 Å². The molecule has 0 amide bonds. The lowest BCUT2D eigenvalue weighted by Crippen LogP contribution is -2.24. The zero-order chi connectivity index (χ0) is 22.5. The molecule has 4 rings (SSSR count). The van der Waals surface area contributed by atoms with Crippen LogP contribution in [0.15, 0.2) is 60.9 Å². The predicted octanol–water partition coefficient (Wildman–Crippen LogP) is 4.87. The number of benzene rings is 1. The Hall–Kier alpha value is -3.45.